The first-order valence-corrected chi connectivity index (χ1v) is 6.61. The fourth-order valence-corrected chi connectivity index (χ4v) is 2.70. The Morgan fingerprint density at radius 3 is 2.71 bits per heavy atom. The van der Waals surface area contributed by atoms with E-state index in [1.165, 1.54) is 5.56 Å². The molecule has 0 spiro atoms. The predicted molar refractivity (Wildman–Crippen MR) is 73.2 cm³/mol. The summed E-state index contributed by atoms with van der Waals surface area (Å²) in [5.74, 6) is 0.708. The van der Waals surface area contributed by atoms with E-state index in [1.54, 1.807) is 18.4 Å². The van der Waals surface area contributed by atoms with Crippen LogP contribution in [0.15, 0.2) is 35.0 Å². The Labute approximate surface area is 110 Å². The van der Waals surface area contributed by atoms with Crippen LogP contribution in [0.1, 0.15) is 17.2 Å². The molecule has 2 nitrogen and oxygen atoms in total. The molecule has 1 aromatic heterocycles. The highest BCUT2D eigenvalue weighted by Crippen LogP contribution is 2.30. The van der Waals surface area contributed by atoms with Gasteiger partial charge in [0.2, 0.25) is 0 Å². The van der Waals surface area contributed by atoms with E-state index in [0.717, 1.165) is 5.56 Å². The molecule has 0 saturated heterocycles. The van der Waals surface area contributed by atoms with Crippen LogP contribution in [-0.2, 0) is 0 Å². The smallest absolute Gasteiger partial charge is 0.137 e. The standard InChI is InChI=1S/C13H14ClNOS/c1-15-13(10-5-6-17-8-10)9-3-4-11(14)12(7-9)16-2/h3-8,13,15H,1-2H3. The average molecular weight is 268 g/mol. The normalized spacial score (nSPS) is 12.4. The molecule has 0 radical (unpaired) electrons. The van der Waals surface area contributed by atoms with E-state index in [2.05, 4.69) is 22.1 Å². The molecule has 17 heavy (non-hydrogen) atoms. The largest absolute Gasteiger partial charge is 0.495 e. The number of ether oxygens (including phenoxy) is 1. The monoisotopic (exact) mass is 267 g/mol. The zero-order valence-electron chi connectivity index (χ0n) is 9.74. The number of methoxy groups -OCH3 is 1. The molecule has 0 fully saturated rings. The van der Waals surface area contributed by atoms with E-state index < -0.39 is 0 Å². The third-order valence-electron chi connectivity index (χ3n) is 2.67. The highest BCUT2D eigenvalue weighted by molar-refractivity contribution is 7.08. The fraction of sp³-hybridized carbons (Fsp3) is 0.231. The molecule has 0 aliphatic rings. The predicted octanol–water partition coefficient (Wildman–Crippen LogP) is 3.72. The minimum Gasteiger partial charge on any atom is -0.495 e. The summed E-state index contributed by atoms with van der Waals surface area (Å²) in [6, 6.07) is 8.15. The third-order valence-corrected chi connectivity index (χ3v) is 3.69. The number of thiophene rings is 1. The van der Waals surface area contributed by atoms with Crippen molar-refractivity contribution in [1.29, 1.82) is 0 Å². The van der Waals surface area contributed by atoms with Gasteiger partial charge in [-0.05, 0) is 47.1 Å². The summed E-state index contributed by atoms with van der Waals surface area (Å²) in [5.41, 5.74) is 2.40. The summed E-state index contributed by atoms with van der Waals surface area (Å²) in [7, 11) is 3.58. The van der Waals surface area contributed by atoms with Crippen molar-refractivity contribution in [3.8, 4) is 5.75 Å². The Hall–Kier alpha value is -1.03. The van der Waals surface area contributed by atoms with Gasteiger partial charge in [0.15, 0.2) is 0 Å². The number of hydrogen-bond donors (Lipinski definition) is 1. The maximum Gasteiger partial charge on any atom is 0.137 e. The molecule has 1 atom stereocenters. The van der Waals surface area contributed by atoms with Gasteiger partial charge < -0.3 is 10.1 Å². The molecule has 90 valence electrons. The molecule has 2 aromatic rings. The van der Waals surface area contributed by atoms with Crippen molar-refractivity contribution >= 4 is 22.9 Å². The number of benzene rings is 1. The van der Waals surface area contributed by atoms with Gasteiger partial charge >= 0.3 is 0 Å². The highest BCUT2D eigenvalue weighted by Gasteiger charge is 2.14. The number of rotatable bonds is 4. The molecule has 0 amide bonds. The second-order valence-corrected chi connectivity index (χ2v) is 4.86. The molecule has 0 aliphatic carbocycles. The van der Waals surface area contributed by atoms with Crippen LogP contribution in [0.5, 0.6) is 5.75 Å². The summed E-state index contributed by atoms with van der Waals surface area (Å²) in [6.07, 6.45) is 0. The van der Waals surface area contributed by atoms with Gasteiger partial charge in [-0.2, -0.15) is 11.3 Å². The van der Waals surface area contributed by atoms with Crippen molar-refractivity contribution in [1.82, 2.24) is 5.32 Å². The van der Waals surface area contributed by atoms with E-state index in [0.29, 0.717) is 10.8 Å². The molecular weight excluding hydrogens is 254 g/mol. The molecule has 0 saturated carbocycles. The molecule has 1 heterocycles. The van der Waals surface area contributed by atoms with Crippen molar-refractivity contribution < 1.29 is 4.74 Å². The molecule has 4 heteroatoms. The second-order valence-electron chi connectivity index (χ2n) is 3.67. The summed E-state index contributed by atoms with van der Waals surface area (Å²) in [6.45, 7) is 0. The number of halogens is 1. The van der Waals surface area contributed by atoms with Gasteiger partial charge in [-0.25, -0.2) is 0 Å². The molecule has 1 unspecified atom stereocenters. The lowest BCUT2D eigenvalue weighted by atomic mass is 10.0. The van der Waals surface area contributed by atoms with Gasteiger partial charge in [0, 0.05) is 0 Å². The van der Waals surface area contributed by atoms with E-state index in [9.17, 15) is 0 Å². The molecule has 0 aliphatic heterocycles. The van der Waals surface area contributed by atoms with Crippen molar-refractivity contribution in [2.24, 2.45) is 0 Å². The average Bonchev–Trinajstić information content (AvgIpc) is 2.86. The van der Waals surface area contributed by atoms with Crippen molar-refractivity contribution in [2.75, 3.05) is 14.2 Å². The zero-order chi connectivity index (χ0) is 12.3. The highest BCUT2D eigenvalue weighted by atomic mass is 35.5. The molecule has 1 N–H and O–H groups in total. The molecule has 1 aromatic carbocycles. The fourth-order valence-electron chi connectivity index (χ4n) is 1.82. The van der Waals surface area contributed by atoms with Gasteiger partial charge in [-0.3, -0.25) is 0 Å². The van der Waals surface area contributed by atoms with Crippen molar-refractivity contribution in [2.45, 2.75) is 6.04 Å². The Balaban J connectivity index is 2.38. The molecule has 2 rings (SSSR count). The Kier molecular flexibility index (Phi) is 4.05. The van der Waals surface area contributed by atoms with Crippen LogP contribution in [0.25, 0.3) is 0 Å². The van der Waals surface area contributed by atoms with Crippen LogP contribution in [0, 0.1) is 0 Å². The minimum atomic E-state index is 0.174. The van der Waals surface area contributed by atoms with E-state index in [-0.39, 0.29) is 6.04 Å². The first kappa shape index (κ1) is 12.4. The van der Waals surface area contributed by atoms with Gasteiger partial charge in [0.1, 0.15) is 5.75 Å². The topological polar surface area (TPSA) is 21.3 Å². The summed E-state index contributed by atoms with van der Waals surface area (Å²) in [4.78, 5) is 0. The van der Waals surface area contributed by atoms with Crippen molar-refractivity contribution in [3.63, 3.8) is 0 Å². The van der Waals surface area contributed by atoms with E-state index >= 15 is 0 Å². The van der Waals surface area contributed by atoms with Gasteiger partial charge in [0.25, 0.3) is 0 Å². The zero-order valence-corrected chi connectivity index (χ0v) is 11.3. The lowest BCUT2D eigenvalue weighted by molar-refractivity contribution is 0.414. The summed E-state index contributed by atoms with van der Waals surface area (Å²) >= 11 is 7.72. The van der Waals surface area contributed by atoms with E-state index in [4.69, 9.17) is 16.3 Å². The Morgan fingerprint density at radius 2 is 2.12 bits per heavy atom. The van der Waals surface area contributed by atoms with Crippen molar-refractivity contribution in [3.05, 3.63) is 51.2 Å². The first-order valence-electron chi connectivity index (χ1n) is 5.29. The lowest BCUT2D eigenvalue weighted by Gasteiger charge is -2.16. The number of nitrogens with one attached hydrogen (secondary N) is 1. The van der Waals surface area contributed by atoms with Gasteiger partial charge in [0.05, 0.1) is 18.2 Å². The van der Waals surface area contributed by atoms with Crippen LogP contribution >= 0.6 is 22.9 Å². The Morgan fingerprint density at radius 1 is 1.29 bits per heavy atom. The van der Waals surface area contributed by atoms with Crippen LogP contribution in [0.2, 0.25) is 5.02 Å². The summed E-state index contributed by atoms with van der Waals surface area (Å²) < 4.78 is 5.24. The Bertz CT molecular complexity index is 484. The molecule has 0 bridgehead atoms. The molecular formula is C13H14ClNOS. The summed E-state index contributed by atoms with van der Waals surface area (Å²) in [5, 5.41) is 8.15. The quantitative estimate of drug-likeness (QED) is 0.912. The van der Waals surface area contributed by atoms with Gasteiger partial charge in [-0.1, -0.05) is 17.7 Å². The maximum atomic E-state index is 6.03. The van der Waals surface area contributed by atoms with Crippen LogP contribution in [-0.4, -0.2) is 14.2 Å². The minimum absolute atomic E-state index is 0.174. The van der Waals surface area contributed by atoms with Crippen LogP contribution < -0.4 is 10.1 Å². The lowest BCUT2D eigenvalue weighted by Crippen LogP contribution is -2.16. The SMILES string of the molecule is CNC(c1ccsc1)c1ccc(Cl)c(OC)c1. The van der Waals surface area contributed by atoms with E-state index in [1.807, 2.05) is 25.2 Å². The second kappa shape index (κ2) is 5.54. The number of hydrogen-bond acceptors (Lipinski definition) is 3. The van der Waals surface area contributed by atoms with Crippen LogP contribution in [0.3, 0.4) is 0 Å². The maximum absolute atomic E-state index is 6.03. The third kappa shape index (κ3) is 2.63. The van der Waals surface area contributed by atoms with Gasteiger partial charge in [-0.15, -0.1) is 0 Å². The first-order chi connectivity index (χ1) is 8.26. The van der Waals surface area contributed by atoms with Crippen LogP contribution in [0.4, 0.5) is 0 Å².